The van der Waals surface area contributed by atoms with E-state index in [0.29, 0.717) is 12.3 Å². The largest absolute Gasteiger partial charge is 0.463 e. The fourth-order valence-corrected chi connectivity index (χ4v) is 1.34. The molecule has 1 heterocycles. The van der Waals surface area contributed by atoms with Gasteiger partial charge >= 0.3 is 11.7 Å². The highest BCUT2D eigenvalue weighted by Gasteiger charge is 1.97. The van der Waals surface area contributed by atoms with Crippen molar-refractivity contribution in [2.75, 3.05) is 6.61 Å². The Kier molecular flexibility index (Phi) is 5.85. The molecule has 0 atom stereocenters. The van der Waals surface area contributed by atoms with Crippen LogP contribution >= 0.6 is 0 Å². The van der Waals surface area contributed by atoms with E-state index in [-0.39, 0.29) is 11.7 Å². The van der Waals surface area contributed by atoms with Gasteiger partial charge in [-0.1, -0.05) is 26.2 Å². The quantitative estimate of drug-likeness (QED) is 0.432. The van der Waals surface area contributed by atoms with Gasteiger partial charge in [-0.2, -0.15) is 0 Å². The third-order valence-electron chi connectivity index (χ3n) is 2.26. The summed E-state index contributed by atoms with van der Waals surface area (Å²) in [6, 6.07) is 0. The van der Waals surface area contributed by atoms with Crippen LogP contribution in [-0.4, -0.2) is 22.5 Å². The maximum Gasteiger partial charge on any atom is 0.330 e. The number of hydrogen-bond acceptors (Lipinski definition) is 3. The molecule has 1 aromatic rings. The molecule has 17 heavy (non-hydrogen) atoms. The third kappa shape index (κ3) is 5.75. The van der Waals surface area contributed by atoms with Crippen LogP contribution in [0, 0.1) is 0 Å². The average Bonchev–Trinajstić information content (AvgIpc) is 2.72. The van der Waals surface area contributed by atoms with Crippen LogP contribution in [0.4, 0.5) is 0 Å². The monoisotopic (exact) mass is 238 g/mol. The zero-order valence-corrected chi connectivity index (χ0v) is 9.99. The van der Waals surface area contributed by atoms with Gasteiger partial charge in [0.1, 0.15) is 0 Å². The van der Waals surface area contributed by atoms with Gasteiger partial charge < -0.3 is 14.7 Å². The number of unbranched alkanes of at least 4 members (excludes halogenated alkanes) is 3. The number of aromatic amines is 2. The summed E-state index contributed by atoms with van der Waals surface area (Å²) in [6.45, 7) is 2.58. The summed E-state index contributed by atoms with van der Waals surface area (Å²) in [7, 11) is 0. The van der Waals surface area contributed by atoms with Crippen molar-refractivity contribution >= 4 is 12.0 Å². The van der Waals surface area contributed by atoms with Crippen LogP contribution in [0.15, 0.2) is 17.1 Å². The maximum absolute atomic E-state index is 11.2. The molecule has 1 rings (SSSR count). The van der Waals surface area contributed by atoms with Crippen LogP contribution < -0.4 is 5.69 Å². The van der Waals surface area contributed by atoms with E-state index < -0.39 is 0 Å². The molecule has 5 heteroatoms. The first-order valence-electron chi connectivity index (χ1n) is 5.85. The molecule has 0 saturated carbocycles. The molecule has 0 radical (unpaired) electrons. The summed E-state index contributed by atoms with van der Waals surface area (Å²) >= 11 is 0. The van der Waals surface area contributed by atoms with Gasteiger partial charge in [0.05, 0.1) is 12.3 Å². The van der Waals surface area contributed by atoms with Crippen molar-refractivity contribution in [1.29, 1.82) is 0 Å². The molecular weight excluding hydrogens is 220 g/mol. The zero-order valence-electron chi connectivity index (χ0n) is 9.99. The number of H-pyrrole nitrogens is 2. The van der Waals surface area contributed by atoms with Crippen molar-refractivity contribution < 1.29 is 9.53 Å². The van der Waals surface area contributed by atoms with E-state index in [0.717, 1.165) is 25.7 Å². The Morgan fingerprint density at radius 3 is 2.88 bits per heavy atom. The number of esters is 1. The van der Waals surface area contributed by atoms with E-state index >= 15 is 0 Å². The topological polar surface area (TPSA) is 75.0 Å². The fraction of sp³-hybridized carbons (Fsp3) is 0.500. The number of hydrogen-bond donors (Lipinski definition) is 2. The predicted molar refractivity (Wildman–Crippen MR) is 65.5 cm³/mol. The Labute approximate surface area is 99.9 Å². The van der Waals surface area contributed by atoms with Crippen LogP contribution in [-0.2, 0) is 9.53 Å². The first kappa shape index (κ1) is 13.3. The molecule has 0 aromatic carbocycles. The Hall–Kier alpha value is -1.78. The van der Waals surface area contributed by atoms with Gasteiger partial charge in [-0.15, -0.1) is 0 Å². The molecule has 0 aliphatic carbocycles. The summed E-state index contributed by atoms with van der Waals surface area (Å²) in [6.07, 6.45) is 8.61. The lowest BCUT2D eigenvalue weighted by Gasteiger charge is -2.00. The van der Waals surface area contributed by atoms with E-state index in [1.165, 1.54) is 18.3 Å². The molecule has 0 unspecified atom stereocenters. The van der Waals surface area contributed by atoms with E-state index in [9.17, 15) is 9.59 Å². The van der Waals surface area contributed by atoms with Crippen molar-refractivity contribution in [3.05, 3.63) is 28.5 Å². The van der Waals surface area contributed by atoms with Gasteiger partial charge in [0.2, 0.25) is 0 Å². The van der Waals surface area contributed by atoms with Gasteiger partial charge in [-0.3, -0.25) is 0 Å². The molecule has 0 amide bonds. The molecule has 0 aliphatic heterocycles. The smallest absolute Gasteiger partial charge is 0.330 e. The van der Waals surface area contributed by atoms with Crippen molar-refractivity contribution in [2.24, 2.45) is 0 Å². The lowest BCUT2D eigenvalue weighted by Crippen LogP contribution is -2.02. The van der Waals surface area contributed by atoms with Crippen molar-refractivity contribution in [2.45, 2.75) is 32.6 Å². The molecule has 5 nitrogen and oxygen atoms in total. The number of rotatable bonds is 7. The molecule has 0 spiro atoms. The van der Waals surface area contributed by atoms with Gasteiger partial charge in [-0.25, -0.2) is 9.59 Å². The lowest BCUT2D eigenvalue weighted by molar-refractivity contribution is -0.137. The standard InChI is InChI=1S/C12H18N2O3/c1-2-3-4-5-8-17-11(15)7-6-10-9-13-12(16)14-10/h6-7,9H,2-5,8H2,1H3,(H2,13,14,16)/b7-6-. The van der Waals surface area contributed by atoms with E-state index in [1.54, 1.807) is 0 Å². The molecular formula is C12H18N2O3. The number of ether oxygens (including phenoxy) is 1. The highest BCUT2D eigenvalue weighted by Crippen LogP contribution is 1.99. The summed E-state index contributed by atoms with van der Waals surface area (Å²) in [5, 5.41) is 0. The van der Waals surface area contributed by atoms with Crippen LogP contribution in [0.5, 0.6) is 0 Å². The molecule has 2 N–H and O–H groups in total. The minimum absolute atomic E-state index is 0.294. The zero-order chi connectivity index (χ0) is 12.5. The fourth-order valence-electron chi connectivity index (χ4n) is 1.34. The van der Waals surface area contributed by atoms with Gasteiger partial charge in [-0.05, 0) is 12.5 Å². The molecule has 94 valence electrons. The van der Waals surface area contributed by atoms with Crippen molar-refractivity contribution in [3.8, 4) is 0 Å². The van der Waals surface area contributed by atoms with Gasteiger partial charge in [0.25, 0.3) is 0 Å². The second kappa shape index (κ2) is 7.49. The molecule has 1 aromatic heterocycles. The molecule has 0 saturated heterocycles. The Morgan fingerprint density at radius 1 is 1.41 bits per heavy atom. The van der Waals surface area contributed by atoms with E-state index in [1.807, 2.05) is 0 Å². The first-order chi connectivity index (χ1) is 8.22. The second-order valence-electron chi connectivity index (χ2n) is 3.76. The van der Waals surface area contributed by atoms with Crippen LogP contribution in [0.2, 0.25) is 0 Å². The lowest BCUT2D eigenvalue weighted by atomic mass is 10.2. The summed E-state index contributed by atoms with van der Waals surface area (Å²) in [5.74, 6) is -0.386. The highest BCUT2D eigenvalue weighted by atomic mass is 16.5. The maximum atomic E-state index is 11.2. The van der Waals surface area contributed by atoms with Crippen LogP contribution in [0.25, 0.3) is 6.08 Å². The number of carbonyl (C=O) groups is 1. The SMILES string of the molecule is CCCCCCOC(=O)/C=C\c1c[nH]c(=O)[nH]1. The van der Waals surface area contributed by atoms with Gasteiger partial charge in [0.15, 0.2) is 0 Å². The number of carbonyl (C=O) groups excluding carboxylic acids is 1. The normalized spacial score (nSPS) is 10.9. The molecule has 0 aliphatic rings. The van der Waals surface area contributed by atoms with E-state index in [2.05, 4.69) is 16.9 Å². The van der Waals surface area contributed by atoms with Crippen molar-refractivity contribution in [3.63, 3.8) is 0 Å². The minimum atomic E-state index is -0.386. The van der Waals surface area contributed by atoms with E-state index in [4.69, 9.17) is 4.74 Å². The number of imidazole rings is 1. The highest BCUT2D eigenvalue weighted by molar-refractivity contribution is 5.86. The number of aromatic nitrogens is 2. The summed E-state index contributed by atoms with van der Waals surface area (Å²) in [4.78, 5) is 26.9. The summed E-state index contributed by atoms with van der Waals surface area (Å²) in [5.41, 5.74) is 0.260. The Morgan fingerprint density at radius 2 is 2.24 bits per heavy atom. The van der Waals surface area contributed by atoms with Crippen LogP contribution in [0.3, 0.4) is 0 Å². The third-order valence-corrected chi connectivity index (χ3v) is 2.26. The molecule has 0 bridgehead atoms. The Balaban J connectivity index is 2.20. The predicted octanol–water partition coefficient (Wildman–Crippen LogP) is 1.84. The second-order valence-corrected chi connectivity index (χ2v) is 3.76. The number of nitrogens with one attached hydrogen (secondary N) is 2. The summed E-state index contributed by atoms with van der Waals surface area (Å²) < 4.78 is 4.99. The average molecular weight is 238 g/mol. The first-order valence-corrected chi connectivity index (χ1v) is 5.85. The Bertz CT molecular complexity index is 417. The van der Waals surface area contributed by atoms with Gasteiger partial charge in [0, 0.05) is 12.3 Å². The van der Waals surface area contributed by atoms with Crippen molar-refractivity contribution in [1.82, 2.24) is 9.97 Å². The molecule has 0 fully saturated rings. The van der Waals surface area contributed by atoms with Crippen LogP contribution in [0.1, 0.15) is 38.3 Å². The minimum Gasteiger partial charge on any atom is -0.463 e.